The van der Waals surface area contributed by atoms with Crippen LogP contribution in [0.25, 0.3) is 0 Å². The lowest BCUT2D eigenvalue weighted by molar-refractivity contribution is -0.137. The molecule has 0 bridgehead atoms. The number of nitrogens with two attached hydrogens (primary N) is 1. The second-order valence-corrected chi connectivity index (χ2v) is 5.71. The topological polar surface area (TPSA) is 26.0 Å². The quantitative estimate of drug-likeness (QED) is 0.850. The van der Waals surface area contributed by atoms with E-state index in [0.717, 1.165) is 11.6 Å². The molecule has 0 amide bonds. The zero-order valence-electron chi connectivity index (χ0n) is 12.6. The number of alkyl halides is 3. The van der Waals surface area contributed by atoms with Crippen LogP contribution < -0.4 is 5.73 Å². The molecule has 0 saturated heterocycles. The lowest BCUT2D eigenvalue weighted by Crippen LogP contribution is -2.29. The molecule has 2 rings (SSSR count). The van der Waals surface area contributed by atoms with Gasteiger partial charge in [0.1, 0.15) is 0 Å². The number of hydrogen-bond acceptors (Lipinski definition) is 1. The van der Waals surface area contributed by atoms with Gasteiger partial charge in [-0.2, -0.15) is 13.2 Å². The Morgan fingerprint density at radius 1 is 0.864 bits per heavy atom. The van der Waals surface area contributed by atoms with Crippen molar-refractivity contribution in [1.82, 2.24) is 0 Å². The lowest BCUT2D eigenvalue weighted by atomic mass is 9.78. The zero-order chi connectivity index (χ0) is 16.3. The molecule has 0 saturated carbocycles. The van der Waals surface area contributed by atoms with Crippen LogP contribution in [-0.4, -0.2) is 6.04 Å². The Labute approximate surface area is 129 Å². The molecule has 3 atom stereocenters. The first kappa shape index (κ1) is 16.6. The van der Waals surface area contributed by atoms with Crippen molar-refractivity contribution in [3.05, 3.63) is 71.3 Å². The van der Waals surface area contributed by atoms with E-state index in [1.54, 1.807) is 6.07 Å². The van der Waals surface area contributed by atoms with Crippen LogP contribution in [0.1, 0.15) is 42.4 Å². The summed E-state index contributed by atoms with van der Waals surface area (Å²) >= 11 is 0. The molecule has 22 heavy (non-hydrogen) atoms. The zero-order valence-corrected chi connectivity index (χ0v) is 12.6. The highest BCUT2D eigenvalue weighted by molar-refractivity contribution is 5.33. The van der Waals surface area contributed by atoms with E-state index in [-0.39, 0.29) is 17.9 Å². The predicted octanol–water partition coefficient (Wildman–Crippen LogP) is 4.94. The van der Waals surface area contributed by atoms with Crippen molar-refractivity contribution in [1.29, 1.82) is 0 Å². The largest absolute Gasteiger partial charge is 0.416 e. The number of halogens is 3. The molecule has 2 unspecified atom stereocenters. The average Bonchev–Trinajstić information content (AvgIpc) is 2.47. The van der Waals surface area contributed by atoms with Gasteiger partial charge in [0.25, 0.3) is 0 Å². The monoisotopic (exact) mass is 307 g/mol. The molecule has 0 spiro atoms. The Morgan fingerprint density at radius 2 is 1.45 bits per heavy atom. The fourth-order valence-corrected chi connectivity index (χ4v) is 2.93. The summed E-state index contributed by atoms with van der Waals surface area (Å²) in [6, 6.07) is 15.0. The first-order chi connectivity index (χ1) is 10.3. The van der Waals surface area contributed by atoms with Crippen LogP contribution in [0.5, 0.6) is 0 Å². The summed E-state index contributed by atoms with van der Waals surface area (Å²) in [6.45, 7) is 3.84. The molecule has 0 heterocycles. The van der Waals surface area contributed by atoms with Crippen molar-refractivity contribution < 1.29 is 13.2 Å². The minimum absolute atomic E-state index is 0.0321. The van der Waals surface area contributed by atoms with E-state index in [0.29, 0.717) is 5.56 Å². The van der Waals surface area contributed by atoms with Crippen molar-refractivity contribution in [2.45, 2.75) is 37.9 Å². The standard InChI is InChI=1S/C18H20F3N/c1-12(14-7-4-3-5-8-14)17(13(2)22)15-9-6-10-16(11-15)18(19,20)21/h3-13,17H,22H2,1-2H3/t12-,13?,17?/m1/s1. The fraction of sp³-hybridized carbons (Fsp3) is 0.333. The molecule has 1 nitrogen and oxygen atoms in total. The maximum atomic E-state index is 12.9. The minimum atomic E-state index is -4.34. The Hall–Kier alpha value is -1.81. The van der Waals surface area contributed by atoms with Crippen LogP contribution in [0.2, 0.25) is 0 Å². The third-order valence-electron chi connectivity index (χ3n) is 4.03. The summed E-state index contributed by atoms with van der Waals surface area (Å²) in [7, 11) is 0. The molecule has 0 aliphatic carbocycles. The second-order valence-electron chi connectivity index (χ2n) is 5.71. The van der Waals surface area contributed by atoms with Gasteiger partial charge in [0, 0.05) is 12.0 Å². The van der Waals surface area contributed by atoms with Crippen molar-refractivity contribution in [3.8, 4) is 0 Å². The summed E-state index contributed by atoms with van der Waals surface area (Å²) in [5.74, 6) is -0.144. The smallest absolute Gasteiger partial charge is 0.327 e. The van der Waals surface area contributed by atoms with Crippen LogP contribution in [0.3, 0.4) is 0 Å². The molecule has 2 aromatic rings. The molecule has 2 N–H and O–H groups in total. The van der Waals surface area contributed by atoms with Gasteiger partial charge in [0.2, 0.25) is 0 Å². The maximum Gasteiger partial charge on any atom is 0.416 e. The molecule has 2 aromatic carbocycles. The summed E-state index contributed by atoms with van der Waals surface area (Å²) in [5, 5.41) is 0. The molecule has 0 aliphatic heterocycles. The highest BCUT2D eigenvalue weighted by Gasteiger charge is 2.32. The molecule has 4 heteroatoms. The van der Waals surface area contributed by atoms with Gasteiger partial charge in [0.15, 0.2) is 0 Å². The summed E-state index contributed by atoms with van der Waals surface area (Å²) < 4.78 is 38.8. The van der Waals surface area contributed by atoms with Crippen LogP contribution >= 0.6 is 0 Å². The second kappa shape index (κ2) is 6.53. The van der Waals surface area contributed by atoms with Crippen LogP contribution in [0.4, 0.5) is 13.2 Å². The van der Waals surface area contributed by atoms with E-state index >= 15 is 0 Å². The van der Waals surface area contributed by atoms with E-state index in [2.05, 4.69) is 0 Å². The first-order valence-corrected chi connectivity index (χ1v) is 7.28. The van der Waals surface area contributed by atoms with E-state index in [1.807, 2.05) is 44.2 Å². The van der Waals surface area contributed by atoms with Gasteiger partial charge >= 0.3 is 6.18 Å². The number of benzene rings is 2. The predicted molar refractivity (Wildman–Crippen MR) is 82.7 cm³/mol. The van der Waals surface area contributed by atoms with Crippen molar-refractivity contribution in [2.75, 3.05) is 0 Å². The van der Waals surface area contributed by atoms with Gasteiger partial charge < -0.3 is 5.73 Å². The summed E-state index contributed by atoms with van der Waals surface area (Å²) in [6.07, 6.45) is -4.34. The Bertz CT molecular complexity index is 605. The minimum Gasteiger partial charge on any atom is -0.327 e. The van der Waals surface area contributed by atoms with Gasteiger partial charge in [0.05, 0.1) is 5.56 Å². The summed E-state index contributed by atoms with van der Waals surface area (Å²) in [5.41, 5.74) is 7.15. The number of hydrogen-bond donors (Lipinski definition) is 1. The fourth-order valence-electron chi connectivity index (χ4n) is 2.93. The van der Waals surface area contributed by atoms with Gasteiger partial charge in [-0.15, -0.1) is 0 Å². The van der Waals surface area contributed by atoms with Crippen molar-refractivity contribution in [2.24, 2.45) is 5.73 Å². The SMILES string of the molecule is CC(N)C(c1cccc(C(F)(F)F)c1)[C@H](C)c1ccccc1. The molecule has 0 aliphatic rings. The van der Waals surface area contributed by atoms with Gasteiger partial charge in [-0.3, -0.25) is 0 Å². The highest BCUT2D eigenvalue weighted by Crippen LogP contribution is 2.37. The van der Waals surface area contributed by atoms with Gasteiger partial charge in [-0.1, -0.05) is 55.5 Å². The third-order valence-corrected chi connectivity index (χ3v) is 4.03. The Balaban J connectivity index is 2.41. The van der Waals surface area contributed by atoms with Crippen LogP contribution in [0, 0.1) is 0 Å². The van der Waals surface area contributed by atoms with Crippen molar-refractivity contribution in [3.63, 3.8) is 0 Å². The number of rotatable bonds is 4. The Morgan fingerprint density at radius 3 is 2.00 bits per heavy atom. The Kier molecular flexibility index (Phi) is 4.91. The highest BCUT2D eigenvalue weighted by atomic mass is 19.4. The maximum absolute atomic E-state index is 12.9. The van der Waals surface area contributed by atoms with Gasteiger partial charge in [-0.05, 0) is 30.0 Å². The summed E-state index contributed by atoms with van der Waals surface area (Å²) in [4.78, 5) is 0. The molecular formula is C18H20F3N. The first-order valence-electron chi connectivity index (χ1n) is 7.28. The third kappa shape index (κ3) is 3.69. The van der Waals surface area contributed by atoms with E-state index in [1.165, 1.54) is 12.1 Å². The molecule has 0 fully saturated rings. The normalized spacial score (nSPS) is 16.1. The van der Waals surface area contributed by atoms with Crippen LogP contribution in [-0.2, 0) is 6.18 Å². The molecule has 0 radical (unpaired) electrons. The molecular weight excluding hydrogens is 287 g/mol. The van der Waals surface area contributed by atoms with Gasteiger partial charge in [-0.25, -0.2) is 0 Å². The molecule has 0 aromatic heterocycles. The average molecular weight is 307 g/mol. The lowest BCUT2D eigenvalue weighted by Gasteiger charge is -2.29. The van der Waals surface area contributed by atoms with E-state index < -0.39 is 11.7 Å². The van der Waals surface area contributed by atoms with E-state index in [4.69, 9.17) is 5.73 Å². The van der Waals surface area contributed by atoms with E-state index in [9.17, 15) is 13.2 Å². The van der Waals surface area contributed by atoms with Crippen molar-refractivity contribution >= 4 is 0 Å². The molecule has 118 valence electrons. The van der Waals surface area contributed by atoms with Crippen LogP contribution in [0.15, 0.2) is 54.6 Å².